The lowest BCUT2D eigenvalue weighted by atomic mass is 9.88. The van der Waals surface area contributed by atoms with Gasteiger partial charge in [-0.15, -0.1) is 0 Å². The highest BCUT2D eigenvalue weighted by Gasteiger charge is 2.45. The van der Waals surface area contributed by atoms with Gasteiger partial charge in [0, 0.05) is 16.8 Å². The lowest BCUT2D eigenvalue weighted by Gasteiger charge is -2.28. The van der Waals surface area contributed by atoms with E-state index in [0.29, 0.717) is 0 Å². The van der Waals surface area contributed by atoms with Crippen LogP contribution in [0, 0.1) is 5.92 Å². The third kappa shape index (κ3) is 2.34. The topological polar surface area (TPSA) is 17.1 Å². The van der Waals surface area contributed by atoms with Gasteiger partial charge in [0.2, 0.25) is 0 Å². The van der Waals surface area contributed by atoms with Crippen LogP contribution in [-0.2, 0) is 4.79 Å². The molecule has 0 aromatic carbocycles. The molecular weight excluding hydrogens is 284 g/mol. The molecular formula is C7H8F3IO. The number of hydrogen-bond donors (Lipinski definition) is 0. The first kappa shape index (κ1) is 10.3. The highest BCUT2D eigenvalue weighted by atomic mass is 127. The first-order chi connectivity index (χ1) is 5.41. The molecule has 0 radical (unpaired) electrons. The second-order valence-corrected chi connectivity index (χ2v) is 4.55. The van der Waals surface area contributed by atoms with Gasteiger partial charge in [-0.1, -0.05) is 22.6 Å². The number of alkyl halides is 4. The number of rotatable bonds is 0. The lowest BCUT2D eigenvalue weighted by Crippen LogP contribution is -2.35. The Morgan fingerprint density at radius 1 is 1.42 bits per heavy atom. The molecule has 0 N–H and O–H groups in total. The Bertz CT molecular complexity index is 190. The molecule has 1 aliphatic carbocycles. The summed E-state index contributed by atoms with van der Waals surface area (Å²) in [5, 5.41) is 0. The van der Waals surface area contributed by atoms with Crippen molar-refractivity contribution in [3.8, 4) is 0 Å². The van der Waals surface area contributed by atoms with Crippen molar-refractivity contribution in [1.82, 2.24) is 0 Å². The molecule has 2 unspecified atom stereocenters. The number of halogens is 4. The Kier molecular flexibility index (Phi) is 3.01. The van der Waals surface area contributed by atoms with Crippen molar-refractivity contribution in [1.29, 1.82) is 0 Å². The Balaban J connectivity index is 2.62. The molecule has 0 amide bonds. The summed E-state index contributed by atoms with van der Waals surface area (Å²) in [6, 6.07) is 0. The third-order valence-corrected chi connectivity index (χ3v) is 3.32. The fraction of sp³-hybridized carbons (Fsp3) is 0.857. The monoisotopic (exact) mass is 292 g/mol. The van der Waals surface area contributed by atoms with Crippen molar-refractivity contribution in [2.24, 2.45) is 5.92 Å². The van der Waals surface area contributed by atoms with Gasteiger partial charge < -0.3 is 0 Å². The molecule has 0 saturated heterocycles. The zero-order valence-electron chi connectivity index (χ0n) is 6.20. The van der Waals surface area contributed by atoms with Crippen LogP contribution in [0.25, 0.3) is 0 Å². The molecule has 1 rings (SSSR count). The zero-order valence-corrected chi connectivity index (χ0v) is 8.35. The highest BCUT2D eigenvalue weighted by Crippen LogP contribution is 2.40. The van der Waals surface area contributed by atoms with Gasteiger partial charge in [0.05, 0.1) is 5.92 Å². The maximum Gasteiger partial charge on any atom is 0.392 e. The minimum absolute atomic E-state index is 0.0318. The van der Waals surface area contributed by atoms with Crippen LogP contribution in [0.4, 0.5) is 13.2 Å². The van der Waals surface area contributed by atoms with E-state index in [0.717, 1.165) is 0 Å². The molecule has 1 saturated carbocycles. The van der Waals surface area contributed by atoms with E-state index in [1.807, 2.05) is 0 Å². The van der Waals surface area contributed by atoms with E-state index in [1.54, 1.807) is 22.6 Å². The van der Waals surface area contributed by atoms with E-state index in [4.69, 9.17) is 0 Å². The zero-order chi connectivity index (χ0) is 9.35. The van der Waals surface area contributed by atoms with Gasteiger partial charge in [0.15, 0.2) is 0 Å². The summed E-state index contributed by atoms with van der Waals surface area (Å²) in [4.78, 5) is 10.8. The molecule has 0 aromatic rings. The average Bonchev–Trinajstić information content (AvgIpc) is 1.83. The summed E-state index contributed by atoms with van der Waals surface area (Å²) >= 11 is 1.72. The van der Waals surface area contributed by atoms with Crippen molar-refractivity contribution >= 4 is 28.4 Å². The maximum atomic E-state index is 12.2. The van der Waals surface area contributed by atoms with E-state index >= 15 is 0 Å². The average molecular weight is 292 g/mol. The predicted molar refractivity (Wildman–Crippen MR) is 46.2 cm³/mol. The molecule has 0 spiro atoms. The minimum Gasteiger partial charge on any atom is -0.300 e. The molecule has 1 fully saturated rings. The summed E-state index contributed by atoms with van der Waals surface area (Å²) in [7, 11) is 0. The van der Waals surface area contributed by atoms with E-state index in [2.05, 4.69) is 0 Å². The van der Waals surface area contributed by atoms with E-state index < -0.39 is 16.0 Å². The van der Waals surface area contributed by atoms with Gasteiger partial charge in [-0.2, -0.15) is 13.2 Å². The van der Waals surface area contributed by atoms with Crippen LogP contribution in [0.3, 0.4) is 0 Å². The molecule has 1 nitrogen and oxygen atoms in total. The molecule has 0 aromatic heterocycles. The number of hydrogen-bond acceptors (Lipinski definition) is 1. The van der Waals surface area contributed by atoms with Crippen LogP contribution >= 0.6 is 22.6 Å². The number of Topliss-reactive ketones (excluding diaryl/α,β-unsaturated/α-hetero) is 1. The fourth-order valence-corrected chi connectivity index (χ4v) is 2.59. The molecule has 70 valence electrons. The van der Waals surface area contributed by atoms with Crippen LogP contribution in [0.2, 0.25) is 0 Å². The van der Waals surface area contributed by atoms with Crippen LogP contribution in [-0.4, -0.2) is 15.9 Å². The Labute approximate surface area is 81.8 Å². The quantitative estimate of drug-likeness (QED) is 0.495. The molecule has 2 atom stereocenters. The fourth-order valence-electron chi connectivity index (χ4n) is 1.33. The number of carbonyl (C=O) groups excluding carboxylic acids is 1. The first-order valence-electron chi connectivity index (χ1n) is 3.63. The second-order valence-electron chi connectivity index (χ2n) is 2.95. The molecule has 0 heterocycles. The largest absolute Gasteiger partial charge is 0.392 e. The lowest BCUT2D eigenvalue weighted by molar-refractivity contribution is -0.179. The summed E-state index contributed by atoms with van der Waals surface area (Å²) in [6.45, 7) is 0. The maximum absolute atomic E-state index is 12.2. The van der Waals surface area contributed by atoms with Crippen molar-refractivity contribution in [3.63, 3.8) is 0 Å². The SMILES string of the molecule is O=C1CCC(C(F)(F)F)C(I)C1. The van der Waals surface area contributed by atoms with Gasteiger partial charge in [-0.05, 0) is 6.42 Å². The number of ketones is 1. The third-order valence-electron chi connectivity index (χ3n) is 2.01. The van der Waals surface area contributed by atoms with E-state index in [9.17, 15) is 18.0 Å². The Morgan fingerprint density at radius 2 is 2.00 bits per heavy atom. The summed E-state index contributed by atoms with van der Waals surface area (Å²) in [6.07, 6.45) is -4.00. The summed E-state index contributed by atoms with van der Waals surface area (Å²) < 4.78 is 36.0. The molecule has 12 heavy (non-hydrogen) atoms. The predicted octanol–water partition coefficient (Wildman–Crippen LogP) is 2.72. The van der Waals surface area contributed by atoms with Crippen molar-refractivity contribution in [2.45, 2.75) is 29.4 Å². The molecule has 0 bridgehead atoms. The van der Waals surface area contributed by atoms with Crippen molar-refractivity contribution < 1.29 is 18.0 Å². The second kappa shape index (κ2) is 3.51. The Morgan fingerprint density at radius 3 is 2.42 bits per heavy atom. The van der Waals surface area contributed by atoms with Crippen molar-refractivity contribution in [3.05, 3.63) is 0 Å². The van der Waals surface area contributed by atoms with Crippen LogP contribution < -0.4 is 0 Å². The van der Waals surface area contributed by atoms with Gasteiger partial charge in [-0.3, -0.25) is 4.79 Å². The van der Waals surface area contributed by atoms with Gasteiger partial charge in [-0.25, -0.2) is 0 Å². The number of carbonyl (C=O) groups is 1. The summed E-state index contributed by atoms with van der Waals surface area (Å²) in [5.41, 5.74) is 0. The normalized spacial score (nSPS) is 32.2. The van der Waals surface area contributed by atoms with E-state index in [1.165, 1.54) is 0 Å². The first-order valence-corrected chi connectivity index (χ1v) is 4.88. The molecule has 0 aliphatic heterocycles. The van der Waals surface area contributed by atoms with Gasteiger partial charge in [0.25, 0.3) is 0 Å². The van der Waals surface area contributed by atoms with Crippen molar-refractivity contribution in [2.75, 3.05) is 0 Å². The molecule has 1 aliphatic rings. The van der Waals surface area contributed by atoms with Crippen LogP contribution in [0.1, 0.15) is 19.3 Å². The minimum atomic E-state index is -4.13. The highest BCUT2D eigenvalue weighted by molar-refractivity contribution is 14.1. The van der Waals surface area contributed by atoms with Gasteiger partial charge >= 0.3 is 6.18 Å². The smallest absolute Gasteiger partial charge is 0.300 e. The summed E-state index contributed by atoms with van der Waals surface area (Å²) in [5.74, 6) is -1.33. The van der Waals surface area contributed by atoms with Gasteiger partial charge in [0.1, 0.15) is 5.78 Å². The van der Waals surface area contributed by atoms with E-state index in [-0.39, 0.29) is 25.0 Å². The van der Waals surface area contributed by atoms with Crippen LogP contribution in [0.5, 0.6) is 0 Å². The standard InChI is InChI=1S/C7H8F3IO/c8-7(9,10)5-2-1-4(12)3-6(5)11/h5-6H,1-3H2. The Hall–Kier alpha value is 0.190. The van der Waals surface area contributed by atoms with Crippen LogP contribution in [0.15, 0.2) is 0 Å². The molecule has 5 heteroatoms.